The van der Waals surface area contributed by atoms with Crippen molar-refractivity contribution in [2.24, 2.45) is 5.10 Å². The Bertz CT molecular complexity index is 1730. The van der Waals surface area contributed by atoms with Crippen LogP contribution in [0.4, 0.5) is 22.7 Å². The molecule has 1 aliphatic heterocycles. The van der Waals surface area contributed by atoms with Gasteiger partial charge in [0.05, 0.1) is 26.4 Å². The number of rotatable bonds is 7. The van der Waals surface area contributed by atoms with E-state index in [1.165, 1.54) is 10.5 Å². The summed E-state index contributed by atoms with van der Waals surface area (Å²) in [6.07, 6.45) is 0. The van der Waals surface area contributed by atoms with Crippen molar-refractivity contribution in [1.29, 1.82) is 0 Å². The van der Waals surface area contributed by atoms with Gasteiger partial charge < -0.3 is 0 Å². The maximum atomic E-state index is 12.1. The van der Waals surface area contributed by atoms with Gasteiger partial charge in [-0.1, -0.05) is 5.10 Å². The number of nitrogens with zero attached hydrogens (tertiary/aromatic N) is 5. The number of hydrogen-bond acceptors (Lipinski definition) is 11. The number of amidine groups is 1. The second kappa shape index (κ2) is 9.85. The molecular formula is C19H14IN6O10S2+. The van der Waals surface area contributed by atoms with Gasteiger partial charge in [0.2, 0.25) is 0 Å². The maximum Gasteiger partial charge on any atom is 0.303 e. The van der Waals surface area contributed by atoms with E-state index in [9.17, 15) is 46.2 Å². The van der Waals surface area contributed by atoms with Crippen molar-refractivity contribution in [2.75, 3.05) is 10.2 Å². The van der Waals surface area contributed by atoms with Gasteiger partial charge in [0.1, 0.15) is 10.6 Å². The summed E-state index contributed by atoms with van der Waals surface area (Å²) in [5, 5.41) is 29.5. The zero-order chi connectivity index (χ0) is 28.0. The number of hydrazine groups is 1. The normalized spacial score (nSPS) is 13.9. The molecule has 0 aliphatic carbocycles. The molecule has 38 heavy (non-hydrogen) atoms. The maximum absolute atomic E-state index is 12.1. The van der Waals surface area contributed by atoms with Crippen molar-refractivity contribution in [2.45, 2.75) is 9.79 Å². The van der Waals surface area contributed by atoms with E-state index in [0.29, 0.717) is 11.8 Å². The van der Waals surface area contributed by atoms with Crippen LogP contribution in [0.25, 0.3) is 0 Å². The number of anilines is 2. The molecule has 0 saturated carbocycles. The van der Waals surface area contributed by atoms with E-state index in [1.807, 2.05) is 22.6 Å². The third-order valence-corrected chi connectivity index (χ3v) is 7.59. The molecule has 1 heterocycles. The number of nitro groups is 2. The van der Waals surface area contributed by atoms with Crippen LogP contribution in [0.5, 0.6) is 0 Å². The van der Waals surface area contributed by atoms with Gasteiger partial charge in [-0.25, -0.2) is 0 Å². The average molecular weight is 677 g/mol. The van der Waals surface area contributed by atoms with Gasteiger partial charge in [-0.3, -0.25) is 29.3 Å². The Morgan fingerprint density at radius 1 is 0.868 bits per heavy atom. The molecule has 3 aromatic carbocycles. The van der Waals surface area contributed by atoms with Gasteiger partial charge in [-0.05, 0) is 71.1 Å². The molecule has 0 saturated heterocycles. The number of non-ortho nitro benzene ring substituents is 1. The first-order valence-corrected chi connectivity index (χ1v) is 13.9. The first-order valence-electron chi connectivity index (χ1n) is 9.97. The number of hydrazone groups is 1. The minimum Gasteiger partial charge on any atom is -0.282 e. The quantitative estimate of drug-likeness (QED) is 0.107. The fraction of sp³-hybridized carbons (Fsp3) is 0. The van der Waals surface area contributed by atoms with Crippen molar-refractivity contribution in [3.8, 4) is 0 Å². The van der Waals surface area contributed by atoms with Gasteiger partial charge in [-0.15, -0.1) is 10.2 Å². The van der Waals surface area contributed by atoms with Crippen LogP contribution in [0.3, 0.4) is 0 Å². The van der Waals surface area contributed by atoms with E-state index in [1.54, 1.807) is 24.3 Å². The second-order valence-electron chi connectivity index (χ2n) is 7.52. The van der Waals surface area contributed by atoms with Gasteiger partial charge >= 0.3 is 5.69 Å². The largest absolute Gasteiger partial charge is 0.303 e. The molecule has 0 aromatic heterocycles. The van der Waals surface area contributed by atoms with Crippen molar-refractivity contribution >= 4 is 71.4 Å². The topological polar surface area (TPSA) is 230 Å². The summed E-state index contributed by atoms with van der Waals surface area (Å²) >= 11 is 2.05. The molecule has 4 N–H and O–H groups in total. The first kappa shape index (κ1) is 27.3. The zero-order valence-corrected chi connectivity index (χ0v) is 22.2. The lowest BCUT2D eigenvalue weighted by Gasteiger charge is -2.23. The molecule has 0 atom stereocenters. The molecule has 0 fully saturated rings. The molecule has 0 amide bonds. The lowest BCUT2D eigenvalue weighted by atomic mass is 10.2. The monoisotopic (exact) mass is 677 g/mol. The van der Waals surface area contributed by atoms with E-state index < -0.39 is 51.2 Å². The van der Waals surface area contributed by atoms with Crippen molar-refractivity contribution < 1.29 is 41.2 Å². The van der Waals surface area contributed by atoms with E-state index >= 15 is 0 Å². The van der Waals surface area contributed by atoms with Gasteiger partial charge in [0.15, 0.2) is 5.69 Å². The van der Waals surface area contributed by atoms with Crippen molar-refractivity contribution in [1.82, 2.24) is 0 Å². The smallest absolute Gasteiger partial charge is 0.282 e. The third-order valence-electron chi connectivity index (χ3n) is 5.13. The number of hydrogen-bond donors (Lipinski definition) is 3. The van der Waals surface area contributed by atoms with Crippen LogP contribution in [0.1, 0.15) is 5.56 Å². The summed E-state index contributed by atoms with van der Waals surface area (Å²) < 4.78 is 67.2. The molecule has 0 spiro atoms. The average Bonchev–Trinajstić information content (AvgIpc) is 3.27. The number of nitro benzene ring substituents is 2. The van der Waals surface area contributed by atoms with E-state index in [-0.39, 0.29) is 17.1 Å². The number of quaternary nitrogens is 1. The van der Waals surface area contributed by atoms with Crippen LogP contribution in [-0.4, -0.2) is 41.6 Å². The first-order chi connectivity index (χ1) is 17.7. The Labute approximate surface area is 227 Å². The Hall–Kier alpha value is -3.76. The molecule has 19 heteroatoms. The standard InChI is InChI=1S/C19H13IN6O10S2/c20-11-1-3-12(4-2-11)23-21-19(15-7-6-14(37(31,32)33)10-18(15)38(34,35)36)22-24(23)16-8-5-13(25(27)28)9-17(16)26(29)30/h1-10H,(H,21,22)(H,31,32,33)(H,34,35,36)/p+1. The fourth-order valence-electron chi connectivity index (χ4n) is 3.45. The Balaban J connectivity index is 1.95. The SMILES string of the molecule is O=[N+]([O-])c1ccc(N2N=C(c3ccc(S(=O)(=O)O)cc3S(=O)(=O)O)[NH2+]N2c2ccc(I)cc2)c([N+](=O)[O-])c1. The lowest BCUT2D eigenvalue weighted by molar-refractivity contribution is -0.545. The van der Waals surface area contributed by atoms with Crippen LogP contribution in [0.15, 0.2) is 75.6 Å². The lowest BCUT2D eigenvalue weighted by Crippen LogP contribution is -2.96. The van der Waals surface area contributed by atoms with E-state index in [4.69, 9.17) is 0 Å². The number of nitrogens with two attached hydrogens (primary N) is 1. The second-order valence-corrected chi connectivity index (χ2v) is 11.6. The number of halogens is 1. The third kappa shape index (κ3) is 5.41. The molecule has 0 radical (unpaired) electrons. The van der Waals surface area contributed by atoms with Crippen LogP contribution in [0.2, 0.25) is 0 Å². The summed E-state index contributed by atoms with van der Waals surface area (Å²) in [7, 11) is -9.90. The van der Waals surface area contributed by atoms with Gasteiger partial charge in [0.25, 0.3) is 31.8 Å². The summed E-state index contributed by atoms with van der Waals surface area (Å²) in [6, 6.07) is 11.9. The molecule has 0 unspecified atom stereocenters. The molecule has 4 rings (SSSR count). The molecule has 198 valence electrons. The van der Waals surface area contributed by atoms with Crippen LogP contribution >= 0.6 is 22.6 Å². The van der Waals surface area contributed by atoms with Gasteiger partial charge in [-0.2, -0.15) is 22.3 Å². The van der Waals surface area contributed by atoms with Crippen LogP contribution in [0, 0.1) is 23.8 Å². The summed E-state index contributed by atoms with van der Waals surface area (Å²) in [5.74, 6) is -0.189. The minimum atomic E-state index is -5.06. The highest BCUT2D eigenvalue weighted by molar-refractivity contribution is 14.1. The van der Waals surface area contributed by atoms with Crippen molar-refractivity contribution in [3.05, 3.63) is 90.0 Å². The summed E-state index contributed by atoms with van der Waals surface area (Å²) in [6.45, 7) is 0. The highest BCUT2D eigenvalue weighted by Crippen LogP contribution is 2.35. The Morgan fingerprint density at radius 2 is 1.53 bits per heavy atom. The highest BCUT2D eigenvalue weighted by Gasteiger charge is 2.38. The predicted octanol–water partition coefficient (Wildman–Crippen LogP) is 1.68. The highest BCUT2D eigenvalue weighted by atomic mass is 127. The molecule has 1 aliphatic rings. The van der Waals surface area contributed by atoms with Crippen LogP contribution < -0.4 is 15.7 Å². The fourth-order valence-corrected chi connectivity index (χ4v) is 5.11. The van der Waals surface area contributed by atoms with Gasteiger partial charge in [0, 0.05) is 9.64 Å². The van der Waals surface area contributed by atoms with E-state index in [0.717, 1.165) is 39.0 Å². The zero-order valence-electron chi connectivity index (χ0n) is 18.4. The number of benzene rings is 3. The predicted molar refractivity (Wildman–Crippen MR) is 138 cm³/mol. The molecule has 16 nitrogen and oxygen atoms in total. The molecule has 0 bridgehead atoms. The molecule has 3 aromatic rings. The Morgan fingerprint density at radius 3 is 2.08 bits per heavy atom. The summed E-state index contributed by atoms with van der Waals surface area (Å²) in [5.41, 5.74) is -0.131. The van der Waals surface area contributed by atoms with E-state index in [2.05, 4.69) is 5.10 Å². The summed E-state index contributed by atoms with van der Waals surface area (Å²) in [4.78, 5) is 19.6. The van der Waals surface area contributed by atoms with Crippen molar-refractivity contribution in [3.63, 3.8) is 0 Å². The molecular weight excluding hydrogens is 663 g/mol. The minimum absolute atomic E-state index is 0.189. The van der Waals surface area contributed by atoms with Crippen LogP contribution in [-0.2, 0) is 20.2 Å². The Kier molecular flexibility index (Phi) is 7.07.